The van der Waals surface area contributed by atoms with Gasteiger partial charge in [-0.2, -0.15) is 0 Å². The lowest BCUT2D eigenvalue weighted by Crippen LogP contribution is -2.10. The molecule has 0 bridgehead atoms. The van der Waals surface area contributed by atoms with Gasteiger partial charge in [0.05, 0.1) is 21.5 Å². The van der Waals surface area contributed by atoms with Crippen LogP contribution in [0.1, 0.15) is 0 Å². The monoisotopic (exact) mass is 775 g/mol. The molecular formula is C54H33NOS2. The number of thiophene rings is 2. The van der Waals surface area contributed by atoms with Gasteiger partial charge in [0.25, 0.3) is 0 Å². The normalized spacial score (nSPS) is 11.8. The first-order valence-electron chi connectivity index (χ1n) is 19.6. The van der Waals surface area contributed by atoms with Crippen molar-refractivity contribution in [3.8, 4) is 33.4 Å². The summed E-state index contributed by atoms with van der Waals surface area (Å²) in [6.07, 6.45) is 0. The average Bonchev–Trinajstić information content (AvgIpc) is 3.99. The molecule has 0 aliphatic carbocycles. The van der Waals surface area contributed by atoms with Crippen LogP contribution in [0.5, 0.6) is 0 Å². The van der Waals surface area contributed by atoms with Gasteiger partial charge in [0.15, 0.2) is 0 Å². The van der Waals surface area contributed by atoms with Crippen LogP contribution in [0.25, 0.3) is 95.7 Å². The van der Waals surface area contributed by atoms with E-state index in [0.29, 0.717) is 0 Å². The number of rotatable bonds is 6. The highest BCUT2D eigenvalue weighted by Crippen LogP contribution is 2.51. The van der Waals surface area contributed by atoms with E-state index in [9.17, 15) is 0 Å². The fourth-order valence-electron chi connectivity index (χ4n) is 8.83. The second-order valence-corrected chi connectivity index (χ2v) is 16.9. The zero-order valence-corrected chi connectivity index (χ0v) is 32.9. The van der Waals surface area contributed by atoms with E-state index in [4.69, 9.17) is 4.42 Å². The number of hydrogen-bond donors (Lipinski definition) is 0. The van der Waals surface area contributed by atoms with Gasteiger partial charge >= 0.3 is 0 Å². The van der Waals surface area contributed by atoms with Crippen molar-refractivity contribution in [3.63, 3.8) is 0 Å². The molecule has 0 spiro atoms. The maximum absolute atomic E-state index is 7.06. The summed E-state index contributed by atoms with van der Waals surface area (Å²) >= 11 is 3.72. The van der Waals surface area contributed by atoms with E-state index in [0.717, 1.165) is 61.3 Å². The third-order valence-electron chi connectivity index (χ3n) is 11.5. The van der Waals surface area contributed by atoms with Gasteiger partial charge in [0, 0.05) is 52.3 Å². The standard InChI is InChI=1S/C54H33NOS2/c1-4-14-34(15-5-1)37-26-28-43-47(32-37)56-53-40(36-18-8-3-9-19-36)29-30-45(52(43)53)55(46-23-12-22-42-41-20-10-11-24-48(41)58-54(42)46)38-27-31-49-44(33-38)51-39(21-13-25-50(51)57-49)35-16-6-2-7-17-35/h1-33H. The summed E-state index contributed by atoms with van der Waals surface area (Å²) in [4.78, 5) is 2.49. The van der Waals surface area contributed by atoms with Crippen LogP contribution >= 0.6 is 22.7 Å². The van der Waals surface area contributed by atoms with Crippen molar-refractivity contribution in [2.45, 2.75) is 0 Å². The van der Waals surface area contributed by atoms with Gasteiger partial charge in [0.2, 0.25) is 0 Å². The molecule has 0 unspecified atom stereocenters. The van der Waals surface area contributed by atoms with Crippen LogP contribution in [0.4, 0.5) is 17.1 Å². The smallest absolute Gasteiger partial charge is 0.145 e. The van der Waals surface area contributed by atoms with E-state index in [2.05, 4.69) is 205 Å². The molecule has 0 N–H and O–H groups in total. The zero-order chi connectivity index (χ0) is 38.2. The predicted molar refractivity (Wildman–Crippen MR) is 250 cm³/mol. The average molecular weight is 776 g/mol. The van der Waals surface area contributed by atoms with E-state index >= 15 is 0 Å². The first-order valence-corrected chi connectivity index (χ1v) is 21.2. The highest BCUT2D eigenvalue weighted by atomic mass is 32.1. The molecule has 272 valence electrons. The third kappa shape index (κ3) is 5.23. The molecule has 2 nitrogen and oxygen atoms in total. The molecule has 0 saturated carbocycles. The number of nitrogens with zero attached hydrogens (tertiary/aromatic N) is 1. The molecule has 0 aliphatic rings. The Morgan fingerprint density at radius 3 is 1.84 bits per heavy atom. The second kappa shape index (κ2) is 13.3. The molecule has 0 atom stereocenters. The van der Waals surface area contributed by atoms with Crippen molar-refractivity contribution >= 4 is 102 Å². The van der Waals surface area contributed by atoms with Crippen molar-refractivity contribution in [1.29, 1.82) is 0 Å². The Balaban J connectivity index is 1.18. The first kappa shape index (κ1) is 33.2. The predicted octanol–water partition coefficient (Wildman–Crippen LogP) is 16.8. The summed E-state index contributed by atoms with van der Waals surface area (Å²) in [6, 6.07) is 72.5. The summed E-state index contributed by atoms with van der Waals surface area (Å²) in [7, 11) is 0. The van der Waals surface area contributed by atoms with Crippen molar-refractivity contribution in [1.82, 2.24) is 0 Å². The summed E-state index contributed by atoms with van der Waals surface area (Å²) in [6.45, 7) is 0. The fraction of sp³-hybridized carbons (Fsp3) is 0. The van der Waals surface area contributed by atoms with E-state index in [1.165, 1.54) is 51.5 Å². The van der Waals surface area contributed by atoms with Gasteiger partial charge in [-0.3, -0.25) is 0 Å². The van der Waals surface area contributed by atoms with Crippen LogP contribution in [-0.2, 0) is 0 Å². The largest absolute Gasteiger partial charge is 0.455 e. The van der Waals surface area contributed by atoms with Crippen LogP contribution < -0.4 is 4.90 Å². The molecule has 12 aromatic rings. The molecular weight excluding hydrogens is 743 g/mol. The SMILES string of the molecule is c1ccc(-c2ccc3c(c2)oc2c(-c4ccccc4)ccc(N(c4ccc5sc6cccc(-c7ccccc7)c6c5c4)c4cccc5c4sc4ccccc45)c23)cc1. The Hall–Kier alpha value is -6.98. The minimum atomic E-state index is 0.868. The van der Waals surface area contributed by atoms with Crippen molar-refractivity contribution < 1.29 is 4.42 Å². The maximum atomic E-state index is 7.06. The number of furan rings is 1. The fourth-order valence-corrected chi connectivity index (χ4v) is 11.2. The van der Waals surface area contributed by atoms with E-state index < -0.39 is 0 Å². The topological polar surface area (TPSA) is 16.4 Å². The van der Waals surface area contributed by atoms with Gasteiger partial charge < -0.3 is 9.32 Å². The van der Waals surface area contributed by atoms with E-state index in [1.807, 2.05) is 22.7 Å². The molecule has 0 radical (unpaired) electrons. The highest BCUT2D eigenvalue weighted by molar-refractivity contribution is 7.26. The third-order valence-corrected chi connectivity index (χ3v) is 13.8. The van der Waals surface area contributed by atoms with Crippen molar-refractivity contribution in [2.75, 3.05) is 4.90 Å². The summed E-state index contributed by atoms with van der Waals surface area (Å²) in [5.74, 6) is 0. The van der Waals surface area contributed by atoms with Gasteiger partial charge in [0.1, 0.15) is 11.2 Å². The highest BCUT2D eigenvalue weighted by Gasteiger charge is 2.25. The van der Waals surface area contributed by atoms with Crippen LogP contribution in [0.3, 0.4) is 0 Å². The number of anilines is 3. The molecule has 0 saturated heterocycles. The Kier molecular flexibility index (Phi) is 7.62. The van der Waals surface area contributed by atoms with Crippen LogP contribution in [-0.4, -0.2) is 0 Å². The molecule has 12 rings (SSSR count). The van der Waals surface area contributed by atoms with Crippen LogP contribution in [0.15, 0.2) is 205 Å². The van der Waals surface area contributed by atoms with Gasteiger partial charge in [-0.25, -0.2) is 0 Å². The zero-order valence-electron chi connectivity index (χ0n) is 31.2. The quantitative estimate of drug-likeness (QED) is 0.167. The maximum Gasteiger partial charge on any atom is 0.145 e. The van der Waals surface area contributed by atoms with E-state index in [1.54, 1.807) is 0 Å². The molecule has 9 aromatic carbocycles. The Morgan fingerprint density at radius 1 is 0.362 bits per heavy atom. The molecule has 0 aliphatic heterocycles. The Morgan fingerprint density at radius 2 is 1.03 bits per heavy atom. The van der Waals surface area contributed by atoms with Crippen molar-refractivity contribution in [3.05, 3.63) is 200 Å². The molecule has 0 fully saturated rings. The molecule has 4 heteroatoms. The summed E-state index contributed by atoms with van der Waals surface area (Å²) < 4.78 is 12.2. The van der Waals surface area contributed by atoms with Crippen molar-refractivity contribution in [2.24, 2.45) is 0 Å². The number of hydrogen-bond acceptors (Lipinski definition) is 4. The number of benzene rings is 9. The molecule has 0 amide bonds. The second-order valence-electron chi connectivity index (χ2n) is 14.8. The summed E-state index contributed by atoms with van der Waals surface area (Å²) in [5.41, 5.74) is 12.0. The lowest BCUT2D eigenvalue weighted by molar-refractivity contribution is 0.670. The lowest BCUT2D eigenvalue weighted by Gasteiger charge is -2.27. The molecule has 3 aromatic heterocycles. The van der Waals surface area contributed by atoms with Crippen LogP contribution in [0, 0.1) is 0 Å². The molecule has 3 heterocycles. The minimum absolute atomic E-state index is 0.868. The van der Waals surface area contributed by atoms with Gasteiger partial charge in [-0.05, 0) is 88.5 Å². The van der Waals surface area contributed by atoms with Gasteiger partial charge in [-0.15, -0.1) is 22.7 Å². The summed E-state index contributed by atoms with van der Waals surface area (Å²) in [5, 5.41) is 7.27. The van der Waals surface area contributed by atoms with Crippen LogP contribution in [0.2, 0.25) is 0 Å². The Labute approximate surface area is 343 Å². The first-order chi connectivity index (χ1) is 28.8. The van der Waals surface area contributed by atoms with E-state index in [-0.39, 0.29) is 0 Å². The lowest BCUT2D eigenvalue weighted by atomic mass is 9.98. The Bertz CT molecular complexity index is 3510. The van der Waals surface area contributed by atoms with Gasteiger partial charge in [-0.1, -0.05) is 140 Å². The number of fused-ring (bicyclic) bond motifs is 9. The minimum Gasteiger partial charge on any atom is -0.455 e. The molecule has 58 heavy (non-hydrogen) atoms.